The summed E-state index contributed by atoms with van der Waals surface area (Å²) in [5.74, 6) is 2.76. The van der Waals surface area contributed by atoms with Crippen molar-refractivity contribution >= 4 is 22.3 Å². The zero-order valence-corrected chi connectivity index (χ0v) is 19.1. The van der Waals surface area contributed by atoms with E-state index in [4.69, 9.17) is 14.2 Å². The van der Waals surface area contributed by atoms with Crippen LogP contribution in [0.4, 0.5) is 5.00 Å². The van der Waals surface area contributed by atoms with Crippen LogP contribution < -0.4 is 29.7 Å². The van der Waals surface area contributed by atoms with Gasteiger partial charge in [0.25, 0.3) is 0 Å². The Morgan fingerprint density at radius 2 is 1.90 bits per heavy atom. The van der Waals surface area contributed by atoms with Crippen LogP contribution in [0.25, 0.3) is 0 Å². The van der Waals surface area contributed by atoms with Gasteiger partial charge in [-0.15, -0.1) is 11.3 Å². The van der Waals surface area contributed by atoms with Gasteiger partial charge in [-0.3, -0.25) is 4.99 Å². The lowest BCUT2D eigenvalue weighted by atomic mass is 10.1. The summed E-state index contributed by atoms with van der Waals surface area (Å²) in [6.45, 7) is 5.21. The van der Waals surface area contributed by atoms with E-state index in [1.165, 1.54) is 5.00 Å². The molecule has 0 amide bonds. The van der Waals surface area contributed by atoms with E-state index in [9.17, 15) is 0 Å². The summed E-state index contributed by atoms with van der Waals surface area (Å²) < 4.78 is 16.7. The average molecular weight is 433 g/mol. The van der Waals surface area contributed by atoms with Crippen molar-refractivity contribution in [3.8, 4) is 17.2 Å². The predicted octanol–water partition coefficient (Wildman–Crippen LogP) is 3.50. The van der Waals surface area contributed by atoms with Gasteiger partial charge in [0.2, 0.25) is 5.75 Å². The molecule has 1 saturated heterocycles. The highest BCUT2D eigenvalue weighted by molar-refractivity contribution is 7.14. The first-order chi connectivity index (χ1) is 14.7. The van der Waals surface area contributed by atoms with Crippen molar-refractivity contribution in [1.29, 1.82) is 0 Å². The molecule has 1 fully saturated rings. The van der Waals surface area contributed by atoms with Gasteiger partial charge in [-0.25, -0.2) is 0 Å². The zero-order chi connectivity index (χ0) is 21.3. The number of piperidine rings is 1. The Hall–Kier alpha value is -2.61. The molecule has 30 heavy (non-hydrogen) atoms. The number of anilines is 1. The summed E-state index contributed by atoms with van der Waals surface area (Å²) in [6, 6.07) is 8.65. The lowest BCUT2D eigenvalue weighted by Gasteiger charge is -2.33. The molecule has 2 aromatic rings. The fourth-order valence-corrected chi connectivity index (χ4v) is 4.38. The van der Waals surface area contributed by atoms with Gasteiger partial charge in [-0.2, -0.15) is 0 Å². The van der Waals surface area contributed by atoms with Gasteiger partial charge in [0.15, 0.2) is 17.5 Å². The predicted molar refractivity (Wildman–Crippen MR) is 124 cm³/mol. The van der Waals surface area contributed by atoms with Crippen molar-refractivity contribution in [2.45, 2.75) is 32.4 Å². The van der Waals surface area contributed by atoms with Crippen molar-refractivity contribution in [2.24, 2.45) is 4.99 Å². The smallest absolute Gasteiger partial charge is 0.203 e. The number of methoxy groups -OCH3 is 2. The van der Waals surface area contributed by atoms with Gasteiger partial charge in [0, 0.05) is 32.7 Å². The molecular formula is C22H32N4O3S. The van der Waals surface area contributed by atoms with E-state index in [0.29, 0.717) is 36.4 Å². The highest BCUT2D eigenvalue weighted by Gasteiger charge is 2.21. The summed E-state index contributed by atoms with van der Waals surface area (Å²) in [5.41, 5.74) is 1.03. The molecule has 0 unspecified atom stereocenters. The third-order valence-corrected chi connectivity index (χ3v) is 6.08. The first-order valence-corrected chi connectivity index (χ1v) is 11.2. The summed E-state index contributed by atoms with van der Waals surface area (Å²) in [7, 11) is 5.07. The van der Waals surface area contributed by atoms with Crippen molar-refractivity contribution < 1.29 is 14.2 Å². The van der Waals surface area contributed by atoms with E-state index in [0.717, 1.165) is 37.5 Å². The Kier molecular flexibility index (Phi) is 8.07. The number of nitrogens with zero attached hydrogens (tertiary/aromatic N) is 2. The number of hydrogen-bond acceptors (Lipinski definition) is 6. The molecular weight excluding hydrogens is 400 g/mol. The Morgan fingerprint density at radius 1 is 1.20 bits per heavy atom. The Balaban J connectivity index is 1.55. The second-order valence-corrected chi connectivity index (χ2v) is 7.97. The van der Waals surface area contributed by atoms with E-state index in [1.54, 1.807) is 32.6 Å². The second kappa shape index (κ2) is 11.0. The number of benzene rings is 1. The Morgan fingerprint density at radius 3 is 2.43 bits per heavy atom. The molecule has 7 nitrogen and oxygen atoms in total. The molecule has 1 aromatic carbocycles. The molecule has 1 aromatic heterocycles. The normalized spacial score (nSPS) is 15.1. The quantitative estimate of drug-likeness (QED) is 0.492. The fraction of sp³-hybridized carbons (Fsp3) is 0.500. The minimum absolute atomic E-state index is 0.414. The van der Waals surface area contributed by atoms with Gasteiger partial charge in [-0.1, -0.05) is 0 Å². The molecule has 0 bridgehead atoms. The highest BCUT2D eigenvalue weighted by Crippen LogP contribution is 2.38. The molecule has 8 heteroatoms. The summed E-state index contributed by atoms with van der Waals surface area (Å²) in [4.78, 5) is 6.85. The maximum absolute atomic E-state index is 5.68. The minimum atomic E-state index is 0.414. The lowest BCUT2D eigenvalue weighted by Crippen LogP contribution is -2.48. The van der Waals surface area contributed by atoms with Crippen LogP contribution in [0.2, 0.25) is 0 Å². The third kappa shape index (κ3) is 5.50. The molecule has 1 aliphatic rings. The van der Waals surface area contributed by atoms with E-state index in [1.807, 2.05) is 19.1 Å². The van der Waals surface area contributed by atoms with Crippen LogP contribution in [-0.4, -0.2) is 53.0 Å². The first kappa shape index (κ1) is 22.1. The van der Waals surface area contributed by atoms with Gasteiger partial charge in [0.05, 0.1) is 25.8 Å². The molecule has 0 spiro atoms. The zero-order valence-electron chi connectivity index (χ0n) is 18.2. The van der Waals surface area contributed by atoms with Crippen molar-refractivity contribution in [3.63, 3.8) is 0 Å². The summed E-state index contributed by atoms with van der Waals surface area (Å²) >= 11 is 1.80. The molecule has 164 valence electrons. The first-order valence-electron chi connectivity index (χ1n) is 10.3. The van der Waals surface area contributed by atoms with Gasteiger partial charge < -0.3 is 29.7 Å². The van der Waals surface area contributed by atoms with E-state index in [2.05, 4.69) is 38.0 Å². The summed E-state index contributed by atoms with van der Waals surface area (Å²) in [5, 5.41) is 10.5. The topological polar surface area (TPSA) is 67.4 Å². The van der Waals surface area contributed by atoms with Crippen LogP contribution in [0.3, 0.4) is 0 Å². The molecule has 0 aliphatic carbocycles. The van der Waals surface area contributed by atoms with E-state index >= 15 is 0 Å². The number of thiophene rings is 1. The van der Waals surface area contributed by atoms with Crippen LogP contribution in [-0.2, 0) is 6.54 Å². The number of aliphatic imine (C=N–C) groups is 1. The van der Waals surface area contributed by atoms with Crippen molar-refractivity contribution in [3.05, 3.63) is 35.2 Å². The largest absolute Gasteiger partial charge is 0.493 e. The number of guanidine groups is 1. The van der Waals surface area contributed by atoms with Crippen LogP contribution in [0.5, 0.6) is 17.2 Å². The SMILES string of the molecule is CCOc1c(OC)cc(CNC(=NC)NC2CCN(c3cccs3)CC2)cc1OC. The van der Waals surface area contributed by atoms with Gasteiger partial charge in [0.1, 0.15) is 0 Å². The molecule has 1 aliphatic heterocycles. The lowest BCUT2D eigenvalue weighted by molar-refractivity contribution is 0.288. The molecule has 0 radical (unpaired) electrons. The van der Waals surface area contributed by atoms with Crippen LogP contribution in [0, 0.1) is 0 Å². The van der Waals surface area contributed by atoms with Gasteiger partial charge in [-0.05, 0) is 55.0 Å². The molecule has 2 N–H and O–H groups in total. The molecule has 0 saturated carbocycles. The van der Waals surface area contributed by atoms with Crippen molar-refractivity contribution in [1.82, 2.24) is 10.6 Å². The molecule has 3 rings (SSSR count). The Bertz CT molecular complexity index is 793. The second-order valence-electron chi connectivity index (χ2n) is 7.05. The molecule has 0 atom stereocenters. The number of rotatable bonds is 8. The monoisotopic (exact) mass is 432 g/mol. The fourth-order valence-electron chi connectivity index (χ4n) is 3.59. The Labute approximate surface area is 183 Å². The van der Waals surface area contributed by atoms with Crippen LogP contribution in [0.15, 0.2) is 34.6 Å². The standard InChI is InChI=1S/C22H32N4O3S/c1-5-29-21-18(27-3)13-16(14-19(21)28-4)15-24-22(23-2)25-17-8-10-26(11-9-17)20-7-6-12-30-20/h6-7,12-14,17H,5,8-11,15H2,1-4H3,(H2,23,24,25). The van der Waals surface area contributed by atoms with Crippen LogP contribution >= 0.6 is 11.3 Å². The third-order valence-electron chi connectivity index (χ3n) is 5.15. The van der Waals surface area contributed by atoms with E-state index < -0.39 is 0 Å². The number of ether oxygens (including phenoxy) is 3. The molecule has 2 heterocycles. The van der Waals surface area contributed by atoms with E-state index in [-0.39, 0.29) is 0 Å². The maximum Gasteiger partial charge on any atom is 0.203 e. The minimum Gasteiger partial charge on any atom is -0.493 e. The number of hydrogen-bond donors (Lipinski definition) is 2. The number of nitrogens with one attached hydrogen (secondary N) is 2. The highest BCUT2D eigenvalue weighted by atomic mass is 32.1. The summed E-state index contributed by atoms with van der Waals surface area (Å²) in [6.07, 6.45) is 2.17. The average Bonchev–Trinajstić information content (AvgIpc) is 3.32. The van der Waals surface area contributed by atoms with Crippen LogP contribution in [0.1, 0.15) is 25.3 Å². The van der Waals surface area contributed by atoms with Gasteiger partial charge >= 0.3 is 0 Å². The van der Waals surface area contributed by atoms with Crippen molar-refractivity contribution in [2.75, 3.05) is 45.9 Å². The maximum atomic E-state index is 5.68.